The number of hydrogen-bond acceptors (Lipinski definition) is 5. The van der Waals surface area contributed by atoms with Gasteiger partial charge in [-0.2, -0.15) is 0 Å². The van der Waals surface area contributed by atoms with Gasteiger partial charge in [0, 0.05) is 41.7 Å². The molecule has 43 heavy (non-hydrogen) atoms. The first-order chi connectivity index (χ1) is 20.5. The lowest BCUT2D eigenvalue weighted by molar-refractivity contribution is -0.131. The molecule has 6 nitrogen and oxygen atoms in total. The predicted octanol–water partition coefficient (Wildman–Crippen LogP) is 9.08. The SMILES string of the molecule is C=CC.O=C(C(=O)c1ccc(Br)cc1)c1ccc(Br)cc1.O=C(O)/C=C/c1ccc(C(=O)C(=O)c2ccc(Br)cc2)cc1. The second-order valence-electron chi connectivity index (χ2n) is 8.54. The summed E-state index contributed by atoms with van der Waals surface area (Å²) in [5, 5.41) is 8.55. The molecule has 4 rings (SSSR count). The number of ketones is 4. The number of rotatable bonds is 8. The van der Waals surface area contributed by atoms with Crippen LogP contribution in [0.25, 0.3) is 6.08 Å². The van der Waals surface area contributed by atoms with Crippen LogP contribution in [-0.2, 0) is 4.79 Å². The van der Waals surface area contributed by atoms with Crippen LogP contribution in [-0.4, -0.2) is 34.2 Å². The smallest absolute Gasteiger partial charge is 0.328 e. The zero-order valence-electron chi connectivity index (χ0n) is 22.8. The molecule has 0 unspecified atom stereocenters. The van der Waals surface area contributed by atoms with Crippen LogP contribution < -0.4 is 0 Å². The third-order valence-electron chi connectivity index (χ3n) is 5.32. The monoisotopic (exact) mass is 766 g/mol. The van der Waals surface area contributed by atoms with E-state index in [-0.39, 0.29) is 5.56 Å². The summed E-state index contributed by atoms with van der Waals surface area (Å²) in [5.41, 5.74) is 2.01. The van der Waals surface area contributed by atoms with Gasteiger partial charge in [-0.15, -0.1) is 6.58 Å². The van der Waals surface area contributed by atoms with Gasteiger partial charge < -0.3 is 5.11 Å². The molecule has 0 heterocycles. The summed E-state index contributed by atoms with van der Waals surface area (Å²) in [4.78, 5) is 58.6. The number of carboxylic acids is 1. The van der Waals surface area contributed by atoms with Gasteiger partial charge in [0.2, 0.25) is 23.1 Å². The molecule has 0 amide bonds. The highest BCUT2D eigenvalue weighted by Gasteiger charge is 2.19. The Hall–Kier alpha value is -4.05. The maximum atomic E-state index is 12.1. The highest BCUT2D eigenvalue weighted by atomic mass is 79.9. The van der Waals surface area contributed by atoms with E-state index in [1.54, 1.807) is 91.0 Å². The van der Waals surface area contributed by atoms with Crippen LogP contribution in [0.4, 0.5) is 0 Å². The van der Waals surface area contributed by atoms with Gasteiger partial charge in [-0.05, 0) is 91.4 Å². The average Bonchev–Trinajstić information content (AvgIpc) is 3.01. The Labute approximate surface area is 274 Å². The van der Waals surface area contributed by atoms with Gasteiger partial charge in [-0.1, -0.05) is 78.1 Å². The van der Waals surface area contributed by atoms with E-state index >= 15 is 0 Å². The maximum absolute atomic E-state index is 12.1. The molecule has 0 spiro atoms. The van der Waals surface area contributed by atoms with E-state index < -0.39 is 29.1 Å². The van der Waals surface area contributed by atoms with Crippen LogP contribution in [0.15, 0.2) is 129 Å². The predicted molar refractivity (Wildman–Crippen MR) is 179 cm³/mol. The summed E-state index contributed by atoms with van der Waals surface area (Å²) >= 11 is 9.83. The fourth-order valence-electron chi connectivity index (χ4n) is 3.24. The number of carbonyl (C=O) groups excluding carboxylic acids is 4. The fourth-order valence-corrected chi connectivity index (χ4v) is 4.03. The minimum atomic E-state index is -1.05. The van der Waals surface area contributed by atoms with Crippen molar-refractivity contribution in [1.82, 2.24) is 0 Å². The standard InChI is InChI=1S/C17H11BrO4.C14H8Br2O2.C3H6/c18-14-8-6-13(7-9-14)17(22)16(21)12-4-1-11(2-5-12)3-10-15(19)20;15-11-5-1-9(2-6-11)13(17)14(18)10-3-7-12(16)8-4-10;1-3-2/h1-10H,(H,19,20);1-8H;3H,1H2,2H3/b10-3+;;. The van der Waals surface area contributed by atoms with Crippen molar-refractivity contribution in [2.75, 3.05) is 0 Å². The number of aliphatic carboxylic acids is 1. The van der Waals surface area contributed by atoms with Crippen molar-refractivity contribution >= 4 is 83.0 Å². The molecule has 4 aromatic carbocycles. The lowest BCUT2D eigenvalue weighted by Crippen LogP contribution is -2.14. The fraction of sp³-hybridized carbons (Fsp3) is 0.0294. The molecule has 0 saturated heterocycles. The van der Waals surface area contributed by atoms with Gasteiger partial charge in [0.1, 0.15) is 0 Å². The van der Waals surface area contributed by atoms with Crippen LogP contribution in [0.2, 0.25) is 0 Å². The summed E-state index contributed by atoms with van der Waals surface area (Å²) in [6.07, 6.45) is 4.16. The molecule has 218 valence electrons. The zero-order chi connectivity index (χ0) is 31.9. The third-order valence-corrected chi connectivity index (χ3v) is 6.91. The van der Waals surface area contributed by atoms with Gasteiger partial charge in [-0.25, -0.2) is 4.79 Å². The molecule has 9 heteroatoms. The highest BCUT2D eigenvalue weighted by Crippen LogP contribution is 2.16. The molecule has 0 saturated carbocycles. The first-order valence-electron chi connectivity index (χ1n) is 12.5. The minimum absolute atomic E-state index is 0.264. The molecular formula is C34H25Br3O6. The molecule has 0 radical (unpaired) electrons. The molecule has 0 atom stereocenters. The van der Waals surface area contributed by atoms with Crippen molar-refractivity contribution in [2.45, 2.75) is 6.92 Å². The van der Waals surface area contributed by atoms with Gasteiger partial charge >= 0.3 is 5.97 Å². The summed E-state index contributed by atoms with van der Waals surface area (Å²) in [6.45, 7) is 5.25. The van der Waals surface area contributed by atoms with Crippen molar-refractivity contribution in [2.24, 2.45) is 0 Å². The summed E-state index contributed by atoms with van der Waals surface area (Å²) in [6, 6.07) is 26.2. The lowest BCUT2D eigenvalue weighted by Gasteiger charge is -2.02. The van der Waals surface area contributed by atoms with Crippen LogP contribution in [0, 0.1) is 0 Å². The third kappa shape index (κ3) is 11.6. The number of hydrogen-bond donors (Lipinski definition) is 1. The summed E-state index contributed by atoms with van der Waals surface area (Å²) in [5.74, 6) is -3.22. The lowest BCUT2D eigenvalue weighted by atomic mass is 10.0. The first kappa shape index (κ1) is 35.1. The van der Waals surface area contributed by atoms with Gasteiger partial charge in [0.05, 0.1) is 0 Å². The van der Waals surface area contributed by atoms with Crippen molar-refractivity contribution in [3.05, 3.63) is 157 Å². The second kappa shape index (κ2) is 17.8. The van der Waals surface area contributed by atoms with Crippen LogP contribution >= 0.6 is 47.8 Å². The van der Waals surface area contributed by atoms with Gasteiger partial charge in [0.15, 0.2) is 0 Å². The van der Waals surface area contributed by atoms with Crippen molar-refractivity contribution in [1.29, 1.82) is 0 Å². The van der Waals surface area contributed by atoms with E-state index in [0.717, 1.165) is 19.5 Å². The molecule has 1 N–H and O–H groups in total. The van der Waals surface area contributed by atoms with Crippen molar-refractivity contribution < 1.29 is 29.1 Å². The first-order valence-corrected chi connectivity index (χ1v) is 14.9. The molecule has 0 aliphatic carbocycles. The Morgan fingerprint density at radius 3 is 1.00 bits per heavy atom. The van der Waals surface area contributed by atoms with E-state index in [4.69, 9.17) is 5.11 Å². The molecule has 0 aromatic heterocycles. The minimum Gasteiger partial charge on any atom is -0.478 e. The molecule has 0 bridgehead atoms. The topological polar surface area (TPSA) is 106 Å². The zero-order valence-corrected chi connectivity index (χ0v) is 27.6. The molecule has 0 fully saturated rings. The second-order valence-corrected chi connectivity index (χ2v) is 11.3. The van der Waals surface area contributed by atoms with Gasteiger partial charge in [-0.3, -0.25) is 19.2 Å². The Morgan fingerprint density at radius 1 is 0.535 bits per heavy atom. The Balaban J connectivity index is 0.000000279. The number of carboxylic acid groups (broad SMARTS) is 1. The number of Topliss-reactive ketones (excluding diaryl/α,β-unsaturated/α-hetero) is 4. The largest absolute Gasteiger partial charge is 0.478 e. The van der Waals surface area contributed by atoms with E-state index in [0.29, 0.717) is 22.3 Å². The number of carbonyl (C=O) groups is 5. The van der Waals surface area contributed by atoms with Crippen LogP contribution in [0.1, 0.15) is 53.9 Å². The van der Waals surface area contributed by atoms with E-state index in [2.05, 4.69) is 54.4 Å². The average molecular weight is 769 g/mol. The highest BCUT2D eigenvalue weighted by molar-refractivity contribution is 9.11. The Kier molecular flexibility index (Phi) is 14.6. The molecule has 0 aliphatic rings. The number of halogens is 3. The summed E-state index contributed by atoms with van der Waals surface area (Å²) in [7, 11) is 0. The number of benzene rings is 4. The van der Waals surface area contributed by atoms with Gasteiger partial charge in [0.25, 0.3) is 0 Å². The molecule has 0 aliphatic heterocycles. The Bertz CT molecular complexity index is 1570. The van der Waals surface area contributed by atoms with Crippen molar-refractivity contribution in [3.63, 3.8) is 0 Å². The normalized spacial score (nSPS) is 9.95. The summed E-state index contributed by atoms with van der Waals surface area (Å²) < 4.78 is 2.57. The van der Waals surface area contributed by atoms with E-state index in [9.17, 15) is 24.0 Å². The van der Waals surface area contributed by atoms with E-state index in [1.807, 2.05) is 6.92 Å². The molecule has 4 aromatic rings. The quantitative estimate of drug-likeness (QED) is 0.0830. The number of allylic oxidation sites excluding steroid dienone is 1. The van der Waals surface area contributed by atoms with Crippen LogP contribution in [0.5, 0.6) is 0 Å². The maximum Gasteiger partial charge on any atom is 0.328 e. The van der Waals surface area contributed by atoms with Crippen molar-refractivity contribution in [3.8, 4) is 0 Å². The van der Waals surface area contributed by atoms with E-state index in [1.165, 1.54) is 18.2 Å². The molecular weight excluding hydrogens is 744 g/mol. The Morgan fingerprint density at radius 2 is 0.767 bits per heavy atom. The van der Waals surface area contributed by atoms with Crippen LogP contribution in [0.3, 0.4) is 0 Å².